The predicted octanol–water partition coefficient (Wildman–Crippen LogP) is 2.63. The Kier molecular flexibility index (Phi) is 3.96. The number of carbonyl (C=O) groups excluding carboxylic acids is 1. The van der Waals surface area contributed by atoms with Gasteiger partial charge in [0.05, 0.1) is 10.7 Å². The molecule has 6 heteroatoms. The first-order valence-electron chi connectivity index (χ1n) is 5.43. The van der Waals surface area contributed by atoms with Crippen molar-refractivity contribution < 1.29 is 4.79 Å². The van der Waals surface area contributed by atoms with E-state index in [1.807, 2.05) is 25.1 Å². The molecule has 0 unspecified atom stereocenters. The summed E-state index contributed by atoms with van der Waals surface area (Å²) in [5, 5.41) is 1.35. The number of carbonyl (C=O) groups is 1. The zero-order chi connectivity index (χ0) is 13.1. The van der Waals surface area contributed by atoms with Crippen LogP contribution in [-0.4, -0.2) is 10.9 Å². The van der Waals surface area contributed by atoms with Crippen molar-refractivity contribution in [2.75, 3.05) is 0 Å². The lowest BCUT2D eigenvalue weighted by molar-refractivity contribution is 0.0956. The molecule has 0 spiro atoms. The van der Waals surface area contributed by atoms with Crippen molar-refractivity contribution in [3.05, 3.63) is 39.9 Å². The van der Waals surface area contributed by atoms with Crippen LogP contribution in [0, 0.1) is 0 Å². The molecule has 0 aliphatic rings. The van der Waals surface area contributed by atoms with Gasteiger partial charge in [0, 0.05) is 5.56 Å². The van der Waals surface area contributed by atoms with Gasteiger partial charge in [-0.15, -0.1) is 11.3 Å². The topological polar surface area (TPSA) is 68.0 Å². The Labute approximate surface area is 114 Å². The molecule has 2 rings (SSSR count). The van der Waals surface area contributed by atoms with Crippen LogP contribution in [0.15, 0.2) is 24.3 Å². The lowest BCUT2D eigenvalue weighted by Gasteiger charge is -1.98. The first-order valence-corrected chi connectivity index (χ1v) is 6.62. The SMILES string of the molecule is CCc1nc(-c2ccccc2Cl)sc1C(=O)NN. The summed E-state index contributed by atoms with van der Waals surface area (Å²) in [5.74, 6) is 4.84. The third-order valence-electron chi connectivity index (χ3n) is 2.47. The van der Waals surface area contributed by atoms with E-state index in [9.17, 15) is 4.79 Å². The van der Waals surface area contributed by atoms with Gasteiger partial charge in [-0.25, -0.2) is 10.8 Å². The number of aromatic nitrogens is 1. The molecule has 0 radical (unpaired) electrons. The van der Waals surface area contributed by atoms with Crippen molar-refractivity contribution in [2.45, 2.75) is 13.3 Å². The largest absolute Gasteiger partial charge is 0.289 e. The fourth-order valence-electron chi connectivity index (χ4n) is 1.58. The van der Waals surface area contributed by atoms with Crippen LogP contribution in [0.4, 0.5) is 0 Å². The van der Waals surface area contributed by atoms with E-state index in [2.05, 4.69) is 10.4 Å². The van der Waals surface area contributed by atoms with Crippen molar-refractivity contribution in [3.63, 3.8) is 0 Å². The maximum absolute atomic E-state index is 11.6. The Morgan fingerprint density at radius 3 is 2.83 bits per heavy atom. The van der Waals surface area contributed by atoms with Crippen LogP contribution in [0.5, 0.6) is 0 Å². The number of hydrogen-bond donors (Lipinski definition) is 2. The molecule has 0 atom stereocenters. The highest BCUT2D eigenvalue weighted by molar-refractivity contribution is 7.17. The molecule has 1 aromatic carbocycles. The quantitative estimate of drug-likeness (QED) is 0.516. The number of nitrogens with two attached hydrogens (primary N) is 1. The van der Waals surface area contributed by atoms with Gasteiger partial charge in [-0.3, -0.25) is 10.2 Å². The molecule has 0 bridgehead atoms. The number of thiazole rings is 1. The molecule has 1 aromatic heterocycles. The highest BCUT2D eigenvalue weighted by Crippen LogP contribution is 2.32. The second-order valence-electron chi connectivity index (χ2n) is 3.60. The van der Waals surface area contributed by atoms with Gasteiger partial charge >= 0.3 is 0 Å². The molecule has 94 valence electrons. The molecule has 0 saturated heterocycles. The van der Waals surface area contributed by atoms with Crippen LogP contribution in [0.2, 0.25) is 5.02 Å². The number of hydrazine groups is 1. The van der Waals surface area contributed by atoms with E-state index in [1.54, 1.807) is 6.07 Å². The van der Waals surface area contributed by atoms with Crippen molar-refractivity contribution >= 4 is 28.8 Å². The minimum atomic E-state index is -0.317. The van der Waals surface area contributed by atoms with Crippen LogP contribution in [0.3, 0.4) is 0 Å². The van der Waals surface area contributed by atoms with Crippen molar-refractivity contribution in [1.82, 2.24) is 10.4 Å². The Morgan fingerprint density at radius 1 is 1.50 bits per heavy atom. The second kappa shape index (κ2) is 5.48. The Balaban J connectivity index is 2.51. The van der Waals surface area contributed by atoms with E-state index in [1.165, 1.54) is 11.3 Å². The molecule has 4 nitrogen and oxygen atoms in total. The highest BCUT2D eigenvalue weighted by atomic mass is 35.5. The fourth-order valence-corrected chi connectivity index (χ4v) is 2.96. The Bertz CT molecular complexity index is 582. The van der Waals surface area contributed by atoms with Gasteiger partial charge in [0.1, 0.15) is 9.88 Å². The van der Waals surface area contributed by atoms with Crippen LogP contribution in [-0.2, 0) is 6.42 Å². The first-order chi connectivity index (χ1) is 8.67. The van der Waals surface area contributed by atoms with Crippen LogP contribution in [0.25, 0.3) is 10.6 Å². The molecule has 18 heavy (non-hydrogen) atoms. The van der Waals surface area contributed by atoms with E-state index in [0.717, 1.165) is 16.3 Å². The number of nitrogens with one attached hydrogen (secondary N) is 1. The minimum absolute atomic E-state index is 0.317. The maximum atomic E-state index is 11.6. The number of hydrogen-bond acceptors (Lipinski definition) is 4. The third-order valence-corrected chi connectivity index (χ3v) is 3.93. The molecular weight excluding hydrogens is 270 g/mol. The molecule has 0 saturated carbocycles. The average Bonchev–Trinajstić information content (AvgIpc) is 2.82. The number of aryl methyl sites for hydroxylation is 1. The van der Waals surface area contributed by atoms with Gasteiger partial charge < -0.3 is 0 Å². The van der Waals surface area contributed by atoms with Crippen LogP contribution < -0.4 is 11.3 Å². The lowest BCUT2D eigenvalue weighted by atomic mass is 10.2. The summed E-state index contributed by atoms with van der Waals surface area (Å²) in [6.07, 6.45) is 0.670. The fraction of sp³-hybridized carbons (Fsp3) is 0.167. The number of nitrogen functional groups attached to an aromatic ring is 1. The van der Waals surface area contributed by atoms with Crippen LogP contribution >= 0.6 is 22.9 Å². The molecule has 1 amide bonds. The van der Waals surface area contributed by atoms with Crippen molar-refractivity contribution in [2.24, 2.45) is 5.84 Å². The summed E-state index contributed by atoms with van der Waals surface area (Å²) in [4.78, 5) is 16.6. The Hall–Kier alpha value is -1.43. The molecule has 0 aliphatic carbocycles. The highest BCUT2D eigenvalue weighted by Gasteiger charge is 2.17. The van der Waals surface area contributed by atoms with Crippen LogP contribution in [0.1, 0.15) is 22.3 Å². The molecule has 3 N–H and O–H groups in total. The minimum Gasteiger partial charge on any atom is -0.289 e. The number of benzene rings is 1. The zero-order valence-electron chi connectivity index (χ0n) is 9.74. The van der Waals surface area contributed by atoms with Gasteiger partial charge in [-0.05, 0) is 12.5 Å². The normalized spacial score (nSPS) is 10.4. The van der Waals surface area contributed by atoms with Gasteiger partial charge in [0.25, 0.3) is 5.91 Å². The van der Waals surface area contributed by atoms with E-state index < -0.39 is 0 Å². The van der Waals surface area contributed by atoms with E-state index in [0.29, 0.717) is 16.3 Å². The monoisotopic (exact) mass is 281 g/mol. The molecular formula is C12H12ClN3OS. The molecule has 0 aliphatic heterocycles. The number of halogens is 1. The van der Waals surface area contributed by atoms with Gasteiger partial charge in [-0.1, -0.05) is 36.7 Å². The maximum Gasteiger partial charge on any atom is 0.277 e. The number of nitrogens with zero attached hydrogens (tertiary/aromatic N) is 1. The first kappa shape index (κ1) is 13.0. The molecule has 1 heterocycles. The zero-order valence-corrected chi connectivity index (χ0v) is 11.3. The summed E-state index contributed by atoms with van der Waals surface area (Å²) in [6.45, 7) is 1.94. The second-order valence-corrected chi connectivity index (χ2v) is 5.01. The predicted molar refractivity (Wildman–Crippen MR) is 73.6 cm³/mol. The van der Waals surface area contributed by atoms with E-state index in [4.69, 9.17) is 17.4 Å². The lowest BCUT2D eigenvalue weighted by Crippen LogP contribution is -2.29. The Morgan fingerprint density at radius 2 is 2.22 bits per heavy atom. The summed E-state index contributed by atoms with van der Waals surface area (Å²) in [7, 11) is 0. The third kappa shape index (κ3) is 2.38. The van der Waals surface area contributed by atoms with Crippen molar-refractivity contribution in [1.29, 1.82) is 0 Å². The average molecular weight is 282 g/mol. The molecule has 0 fully saturated rings. The summed E-state index contributed by atoms with van der Waals surface area (Å²) in [5.41, 5.74) is 3.70. The summed E-state index contributed by atoms with van der Waals surface area (Å²) in [6, 6.07) is 7.42. The summed E-state index contributed by atoms with van der Waals surface area (Å²) < 4.78 is 0. The smallest absolute Gasteiger partial charge is 0.277 e. The van der Waals surface area contributed by atoms with Crippen molar-refractivity contribution in [3.8, 4) is 10.6 Å². The number of amides is 1. The van der Waals surface area contributed by atoms with E-state index >= 15 is 0 Å². The summed E-state index contributed by atoms with van der Waals surface area (Å²) >= 11 is 7.41. The number of rotatable bonds is 3. The standard InChI is InChI=1S/C12H12ClN3OS/c1-2-9-10(11(17)16-14)18-12(15-9)7-5-3-4-6-8(7)13/h3-6H,2,14H2,1H3,(H,16,17). The molecule has 2 aromatic rings. The van der Waals surface area contributed by atoms with E-state index in [-0.39, 0.29) is 5.91 Å². The van der Waals surface area contributed by atoms with Gasteiger partial charge in [0.15, 0.2) is 0 Å². The van der Waals surface area contributed by atoms with Gasteiger partial charge in [-0.2, -0.15) is 0 Å². The van der Waals surface area contributed by atoms with Gasteiger partial charge in [0.2, 0.25) is 0 Å².